The van der Waals surface area contributed by atoms with E-state index in [1.165, 1.54) is 0 Å². The summed E-state index contributed by atoms with van der Waals surface area (Å²) in [5.74, 6) is 0.663. The van der Waals surface area contributed by atoms with Gasteiger partial charge < -0.3 is 69.8 Å². The van der Waals surface area contributed by atoms with Crippen LogP contribution in [0.5, 0.6) is 0 Å². The van der Waals surface area contributed by atoms with Gasteiger partial charge in [-0.05, 0) is 12.1 Å². The van der Waals surface area contributed by atoms with Crippen LogP contribution in [0.15, 0.2) is 48.5 Å². The third-order valence-electron chi connectivity index (χ3n) is 4.68. The molecule has 3 rings (SSSR count). The average molecular weight is 751 g/mol. The summed E-state index contributed by atoms with van der Waals surface area (Å²) in [5, 5.41) is 51.6. The van der Waals surface area contributed by atoms with Crippen LogP contribution in [0.3, 0.4) is 0 Å². The number of aromatic nitrogens is 1. The van der Waals surface area contributed by atoms with Crippen molar-refractivity contribution >= 4 is 33.3 Å². The Hall–Kier alpha value is -3.36. The van der Waals surface area contributed by atoms with Crippen molar-refractivity contribution in [3.05, 3.63) is 79.2 Å². The second kappa shape index (κ2) is 22.6. The normalized spacial score (nSPS) is 9.18. The summed E-state index contributed by atoms with van der Waals surface area (Å²) >= 11 is 0. The number of nitrogens with one attached hydrogen (secondary N) is 2. The Kier molecular flexibility index (Phi) is 23.3. The number of aliphatic hydroxyl groups is 1. The van der Waals surface area contributed by atoms with Gasteiger partial charge in [0, 0.05) is 50.4 Å². The van der Waals surface area contributed by atoms with E-state index < -0.39 is 16.3 Å². The van der Waals surface area contributed by atoms with Crippen LogP contribution in [0.4, 0.5) is 5.69 Å². The summed E-state index contributed by atoms with van der Waals surface area (Å²) < 4.78 is 0. The molecule has 0 saturated carbocycles. The Labute approximate surface area is 245 Å². The minimum absolute atomic E-state index is 0. The molecule has 1 heterocycles. The molecule has 0 radical (unpaired) electrons. The van der Waals surface area contributed by atoms with Crippen molar-refractivity contribution in [2.24, 2.45) is 11.5 Å². The van der Waals surface area contributed by atoms with E-state index in [2.05, 4.69) is 17.4 Å². The first-order chi connectivity index (χ1) is 17.5. The number of halogens is 1. The second-order valence-corrected chi connectivity index (χ2v) is 7.24. The van der Waals surface area contributed by atoms with E-state index in [4.69, 9.17) is 57.6 Å². The van der Waals surface area contributed by atoms with E-state index >= 15 is 0 Å². The minimum Gasteiger partial charge on any atom is -1.00 e. The van der Waals surface area contributed by atoms with E-state index in [1.54, 1.807) is 0 Å². The van der Waals surface area contributed by atoms with E-state index in [1.807, 2.05) is 55.3 Å². The maximum atomic E-state index is 8.42. The van der Waals surface area contributed by atoms with Gasteiger partial charge in [0.2, 0.25) is 0 Å². The van der Waals surface area contributed by atoms with Crippen molar-refractivity contribution in [2.45, 2.75) is 19.4 Å². The van der Waals surface area contributed by atoms with Crippen molar-refractivity contribution in [1.82, 2.24) is 9.88 Å². The average Bonchev–Trinajstić information content (AvgIpc) is 2.86. The number of nitrogens with zero attached hydrogens (tertiary/aromatic N) is 4. The predicted octanol–water partition coefficient (Wildman–Crippen LogP) is -1.09. The molecule has 0 bridgehead atoms. The molecule has 15 nitrogen and oxygen atoms in total. The van der Waals surface area contributed by atoms with Crippen LogP contribution in [-0.2, 0) is 21.1 Å². The van der Waals surface area contributed by atoms with Crippen LogP contribution in [0.1, 0.15) is 13.3 Å². The molecule has 0 amide bonds. The Morgan fingerprint density at radius 2 is 1.38 bits per heavy atom. The van der Waals surface area contributed by atoms with Gasteiger partial charge in [-0.3, -0.25) is 5.41 Å². The summed E-state index contributed by atoms with van der Waals surface area (Å²) in [7, 11) is 1.97. The van der Waals surface area contributed by atoms with E-state index in [9.17, 15) is 0 Å². The van der Waals surface area contributed by atoms with Gasteiger partial charge in [0.1, 0.15) is 0 Å². The molecule has 39 heavy (non-hydrogen) atoms. The number of fused-ring (bicyclic) bond motifs is 2. The molecule has 0 aliphatic carbocycles. The molecule has 3 aromatic rings. The molecular weight excluding hydrogens is 719 g/mol. The van der Waals surface area contributed by atoms with Crippen LogP contribution in [0, 0.1) is 36.1 Å². The molecule has 0 aliphatic rings. The molecule has 0 atom stereocenters. The number of pyridine rings is 1. The summed E-state index contributed by atoms with van der Waals surface area (Å²) in [6.07, 6.45) is 0.252. The van der Waals surface area contributed by atoms with Crippen molar-refractivity contribution < 1.29 is 48.8 Å². The molecule has 1 aromatic heterocycles. The summed E-state index contributed by atoms with van der Waals surface area (Å²) in [4.78, 5) is 23.2. The third kappa shape index (κ3) is 17.0. The standard InChI is InChI=1S/C19H22N4.C3H10N2O.ClH.2NO3.Pt/c1-3-18(20)23(2)13-12-21-19-14-8-4-6-10-16(14)22-17-11-7-5-9-15(17)19;4-1-3(6)2-5;;2*2-1(3)4;/h4-11,20H,3,12-13H2,1-2H3,(H,21,22);3,6H,1-2,4-5H2;1H;;;/q;;;2*-1;+2/p-1. The van der Waals surface area contributed by atoms with E-state index in [0.29, 0.717) is 5.84 Å². The van der Waals surface area contributed by atoms with Crippen LogP contribution in [0.25, 0.3) is 21.8 Å². The molecule has 7 N–H and O–H groups in total. The molecule has 0 saturated heterocycles. The number of hydrogen-bond acceptors (Lipinski definition) is 12. The largest absolute Gasteiger partial charge is 2.00 e. The molecule has 0 aliphatic heterocycles. The Bertz CT molecular complexity index is 1070. The van der Waals surface area contributed by atoms with Gasteiger partial charge in [0.05, 0.1) is 38.8 Å². The molecule has 0 spiro atoms. The zero-order valence-corrected chi connectivity index (χ0v) is 24.3. The number of hydrogen-bond donors (Lipinski definition) is 5. The monoisotopic (exact) mass is 750 g/mol. The van der Waals surface area contributed by atoms with Crippen molar-refractivity contribution in [2.75, 3.05) is 38.5 Å². The quantitative estimate of drug-likeness (QED) is 0.0635. The van der Waals surface area contributed by atoms with Gasteiger partial charge in [-0.1, -0.05) is 43.3 Å². The Morgan fingerprint density at radius 3 is 1.72 bits per heavy atom. The topological polar surface area (TPSA) is 257 Å². The number of rotatable bonds is 7. The van der Waals surface area contributed by atoms with Crippen LogP contribution >= 0.6 is 0 Å². The number of amidine groups is 1. The van der Waals surface area contributed by atoms with Gasteiger partial charge >= 0.3 is 21.1 Å². The third-order valence-corrected chi connectivity index (χ3v) is 4.68. The number of likely N-dealkylation sites (N-methyl/N-ethyl adjacent to an activating group) is 1. The minimum atomic E-state index is -1.75. The number of aliphatic hydroxyl groups excluding tert-OH is 1. The zero-order chi connectivity index (χ0) is 28.4. The summed E-state index contributed by atoms with van der Waals surface area (Å²) in [6, 6.07) is 16.4. The molecular formula is C22H32ClN8O7Pt-. The molecule has 0 unspecified atom stereocenters. The van der Waals surface area contributed by atoms with Crippen LogP contribution in [0.2, 0.25) is 0 Å². The fraction of sp³-hybridized carbons (Fsp3) is 0.364. The maximum Gasteiger partial charge on any atom is 2.00 e. The molecule has 0 fully saturated rings. The summed E-state index contributed by atoms with van der Waals surface area (Å²) in [6.45, 7) is 4.12. The first kappa shape index (κ1) is 40.1. The van der Waals surface area contributed by atoms with E-state index in [0.717, 1.165) is 47.0 Å². The van der Waals surface area contributed by atoms with Crippen LogP contribution in [-0.4, -0.2) is 70.3 Å². The summed E-state index contributed by atoms with van der Waals surface area (Å²) in [5.41, 5.74) is 13.0. The SMILES string of the molecule is CCC(=N)N(C)CCNc1c2ccccc2nc2ccccc12.NCC(O)CN.O=[N+]([O-])[O-].O=[N+]([O-])[O-].[Cl-].[Pt+2]. The first-order valence-electron chi connectivity index (χ1n) is 11.0. The first-order valence-corrected chi connectivity index (χ1v) is 11.0. The number of benzene rings is 2. The molecule has 17 heteroatoms. The number of anilines is 1. The zero-order valence-electron chi connectivity index (χ0n) is 21.3. The fourth-order valence-corrected chi connectivity index (χ4v) is 2.88. The van der Waals surface area contributed by atoms with Gasteiger partial charge in [0.15, 0.2) is 0 Å². The molecule has 2 aromatic carbocycles. The van der Waals surface area contributed by atoms with Crippen molar-refractivity contribution in [1.29, 1.82) is 5.41 Å². The number of para-hydroxylation sites is 2. The Balaban J connectivity index is -0.000000679. The van der Waals surface area contributed by atoms with Crippen molar-refractivity contribution in [3.8, 4) is 0 Å². The predicted molar refractivity (Wildman–Crippen MR) is 143 cm³/mol. The van der Waals surface area contributed by atoms with Gasteiger partial charge in [0.25, 0.3) is 0 Å². The Morgan fingerprint density at radius 1 is 1.00 bits per heavy atom. The van der Waals surface area contributed by atoms with Gasteiger partial charge in [-0.2, -0.15) is 0 Å². The molecule has 220 valence electrons. The second-order valence-electron chi connectivity index (χ2n) is 7.24. The van der Waals surface area contributed by atoms with Gasteiger partial charge in [-0.25, -0.2) is 4.98 Å². The van der Waals surface area contributed by atoms with Gasteiger partial charge in [-0.15, -0.1) is 0 Å². The smallest absolute Gasteiger partial charge is 1.00 e. The number of nitrogens with two attached hydrogens (primary N) is 2. The fourth-order valence-electron chi connectivity index (χ4n) is 2.88. The van der Waals surface area contributed by atoms with Crippen molar-refractivity contribution in [3.63, 3.8) is 0 Å². The van der Waals surface area contributed by atoms with E-state index in [-0.39, 0.29) is 46.6 Å². The maximum absolute atomic E-state index is 8.42. The van der Waals surface area contributed by atoms with Crippen LogP contribution < -0.4 is 29.2 Å².